The van der Waals surface area contributed by atoms with E-state index in [4.69, 9.17) is 9.47 Å². The number of methoxy groups -OCH3 is 2. The number of hydrogen-bond acceptors (Lipinski definition) is 10. The number of benzene rings is 4. The molecule has 0 unspecified atom stereocenters. The van der Waals surface area contributed by atoms with Gasteiger partial charge in [-0.05, 0) is 85.3 Å². The Morgan fingerprint density at radius 1 is 0.559 bits per heavy atom. The maximum Gasteiger partial charge on any atom is 0.407 e. The Bertz CT molecular complexity index is 2120. The number of amides is 6. The SMILES string of the molecule is COC(=O)N[C@@H](C(=O)N1CCC[C@@H]1C(=O)Nc1ccc(S(=O)(=O)c2ccc(NC(=O)[C@@H]3CCCN3C(=O)[C@H](NC(=O)OC)c3ccccc3)cc2)cc1)c1ccccc1. The van der Waals surface area contributed by atoms with Crippen LogP contribution >= 0.6 is 0 Å². The van der Waals surface area contributed by atoms with E-state index < -0.39 is 69.8 Å². The van der Waals surface area contributed by atoms with E-state index in [1.165, 1.54) is 72.6 Å². The van der Waals surface area contributed by atoms with Gasteiger partial charge in [0.1, 0.15) is 24.2 Å². The predicted molar refractivity (Wildman–Crippen MR) is 215 cm³/mol. The summed E-state index contributed by atoms with van der Waals surface area (Å²) in [5, 5.41) is 10.7. The fourth-order valence-corrected chi connectivity index (χ4v) is 8.44. The molecule has 4 N–H and O–H groups in total. The van der Waals surface area contributed by atoms with E-state index in [0.29, 0.717) is 61.3 Å². The topological polar surface area (TPSA) is 210 Å². The maximum atomic E-state index is 13.7. The van der Waals surface area contributed by atoms with Crippen LogP contribution < -0.4 is 21.3 Å². The largest absolute Gasteiger partial charge is 0.453 e. The minimum absolute atomic E-state index is 0.0433. The first-order valence-electron chi connectivity index (χ1n) is 18.9. The molecule has 4 aromatic rings. The van der Waals surface area contributed by atoms with Crippen molar-refractivity contribution in [2.45, 2.75) is 59.6 Å². The summed E-state index contributed by atoms with van der Waals surface area (Å²) >= 11 is 0. The number of sulfone groups is 1. The van der Waals surface area contributed by atoms with Crippen LogP contribution in [-0.2, 0) is 38.5 Å². The Kier molecular flexibility index (Phi) is 13.3. The summed E-state index contributed by atoms with van der Waals surface area (Å²) in [4.78, 5) is 81.2. The van der Waals surface area contributed by atoms with Gasteiger partial charge in [0.2, 0.25) is 21.7 Å². The summed E-state index contributed by atoms with van der Waals surface area (Å²) < 4.78 is 36.6. The van der Waals surface area contributed by atoms with E-state index in [9.17, 15) is 37.2 Å². The molecular formula is C42H44N6O10S. The number of alkyl carbamates (subject to hydrolysis) is 2. The number of ether oxygens (including phenoxy) is 2. The Balaban J connectivity index is 1.08. The quantitative estimate of drug-likeness (QED) is 0.156. The second-order valence-electron chi connectivity index (χ2n) is 13.9. The lowest BCUT2D eigenvalue weighted by Gasteiger charge is -2.28. The molecule has 2 aliphatic heterocycles. The van der Waals surface area contributed by atoms with Gasteiger partial charge in [-0.3, -0.25) is 19.2 Å². The molecule has 6 amide bonds. The lowest BCUT2D eigenvalue weighted by atomic mass is 10.0. The highest BCUT2D eigenvalue weighted by atomic mass is 32.2. The molecule has 2 saturated heterocycles. The van der Waals surface area contributed by atoms with Crippen LogP contribution in [0.2, 0.25) is 0 Å². The van der Waals surface area contributed by atoms with E-state index >= 15 is 0 Å². The summed E-state index contributed by atoms with van der Waals surface area (Å²) in [7, 11) is -1.63. The summed E-state index contributed by atoms with van der Waals surface area (Å²) in [6.07, 6.45) is 0.315. The van der Waals surface area contributed by atoms with Gasteiger partial charge >= 0.3 is 12.2 Å². The molecule has 4 atom stereocenters. The van der Waals surface area contributed by atoms with Crippen LogP contribution in [0.5, 0.6) is 0 Å². The zero-order chi connectivity index (χ0) is 42.1. The Morgan fingerprint density at radius 3 is 1.25 bits per heavy atom. The summed E-state index contributed by atoms with van der Waals surface area (Å²) in [5.41, 5.74) is 1.68. The molecule has 2 heterocycles. The fraction of sp³-hybridized carbons (Fsp3) is 0.286. The second-order valence-corrected chi connectivity index (χ2v) is 15.8. The standard InChI is InChI=1S/C42H44N6O10S/c1-57-41(53)45-35(27-11-5-3-6-12-27)39(51)47-25-9-15-33(47)37(49)43-29-17-21-31(22-18-29)59(55,56)32-23-19-30(20-24-32)44-38(50)34-16-10-26-48(34)40(52)36(46-42(54)58-2)28-13-7-4-8-14-28/h3-8,11-14,17-24,33-36H,9-10,15-16,25-26H2,1-2H3,(H,43,49)(H,44,50)(H,45,53)(H,46,54)/t33-,34+,35-,36-/m1/s1. The van der Waals surface area contributed by atoms with Gasteiger partial charge in [0.05, 0.1) is 24.0 Å². The van der Waals surface area contributed by atoms with Crippen molar-refractivity contribution < 1.29 is 46.7 Å². The molecule has 0 radical (unpaired) electrons. The van der Waals surface area contributed by atoms with Gasteiger partial charge < -0.3 is 40.5 Å². The Labute approximate surface area is 341 Å². The first-order chi connectivity index (χ1) is 28.4. The molecular weight excluding hydrogens is 781 g/mol. The maximum absolute atomic E-state index is 13.7. The van der Waals surface area contributed by atoms with Gasteiger partial charge in [0.25, 0.3) is 11.8 Å². The van der Waals surface area contributed by atoms with Crippen LogP contribution in [0, 0.1) is 0 Å². The number of likely N-dealkylation sites (tertiary alicyclic amines) is 2. The van der Waals surface area contributed by atoms with E-state index in [1.807, 2.05) is 0 Å². The van der Waals surface area contributed by atoms with Gasteiger partial charge in [-0.1, -0.05) is 60.7 Å². The fourth-order valence-electron chi connectivity index (χ4n) is 7.18. The minimum Gasteiger partial charge on any atom is -0.453 e. The van der Waals surface area contributed by atoms with Crippen LogP contribution in [0.4, 0.5) is 21.0 Å². The molecule has 17 heteroatoms. The predicted octanol–water partition coefficient (Wildman–Crippen LogP) is 4.57. The second kappa shape index (κ2) is 18.7. The summed E-state index contributed by atoms with van der Waals surface area (Å²) in [5.74, 6) is -1.87. The number of rotatable bonds is 12. The Morgan fingerprint density at radius 2 is 0.915 bits per heavy atom. The molecule has 308 valence electrons. The molecule has 59 heavy (non-hydrogen) atoms. The smallest absolute Gasteiger partial charge is 0.407 e. The van der Waals surface area contributed by atoms with Crippen LogP contribution in [0.3, 0.4) is 0 Å². The van der Waals surface area contributed by atoms with Gasteiger partial charge in [-0.2, -0.15) is 0 Å². The number of carbonyl (C=O) groups is 6. The zero-order valence-electron chi connectivity index (χ0n) is 32.3. The summed E-state index contributed by atoms with van der Waals surface area (Å²) in [6, 6.07) is 24.7. The first-order valence-corrected chi connectivity index (χ1v) is 20.4. The van der Waals surface area contributed by atoms with Crippen molar-refractivity contribution in [3.8, 4) is 0 Å². The number of hydrogen-bond donors (Lipinski definition) is 4. The third-order valence-electron chi connectivity index (χ3n) is 10.2. The molecule has 0 aromatic heterocycles. The molecule has 2 aliphatic rings. The van der Waals surface area contributed by atoms with Crippen molar-refractivity contribution >= 4 is 57.0 Å². The zero-order valence-corrected chi connectivity index (χ0v) is 33.1. The molecule has 6 rings (SSSR count). The van der Waals surface area contributed by atoms with E-state index in [1.54, 1.807) is 60.7 Å². The highest BCUT2D eigenvalue weighted by Gasteiger charge is 2.40. The average Bonchev–Trinajstić information content (AvgIpc) is 3.97. The normalized spacial score (nSPS) is 17.3. The van der Waals surface area contributed by atoms with Crippen molar-refractivity contribution in [3.05, 3.63) is 120 Å². The molecule has 2 fully saturated rings. The number of nitrogens with one attached hydrogen (secondary N) is 4. The lowest BCUT2D eigenvalue weighted by Crippen LogP contribution is -2.48. The highest BCUT2D eigenvalue weighted by Crippen LogP contribution is 2.29. The van der Waals surface area contributed by atoms with Crippen LogP contribution in [0.1, 0.15) is 48.9 Å². The third-order valence-corrected chi connectivity index (χ3v) is 12.0. The molecule has 0 spiro atoms. The van der Waals surface area contributed by atoms with Crippen LogP contribution in [0.15, 0.2) is 119 Å². The molecule has 16 nitrogen and oxygen atoms in total. The molecule has 0 bridgehead atoms. The van der Waals surface area contributed by atoms with E-state index in [0.717, 1.165) is 0 Å². The van der Waals surface area contributed by atoms with Gasteiger partial charge in [-0.15, -0.1) is 0 Å². The number of nitrogens with zero attached hydrogens (tertiary/aromatic N) is 2. The number of carbonyl (C=O) groups excluding carboxylic acids is 6. The van der Waals surface area contributed by atoms with Gasteiger partial charge in [-0.25, -0.2) is 18.0 Å². The minimum atomic E-state index is -4.02. The van der Waals surface area contributed by atoms with Crippen molar-refractivity contribution in [1.29, 1.82) is 0 Å². The molecule has 0 aliphatic carbocycles. The monoisotopic (exact) mass is 824 g/mol. The Hall–Kier alpha value is -6.75. The summed E-state index contributed by atoms with van der Waals surface area (Å²) in [6.45, 7) is 0.597. The van der Waals surface area contributed by atoms with Gasteiger partial charge in [0, 0.05) is 24.5 Å². The van der Waals surface area contributed by atoms with Crippen molar-refractivity contribution in [3.63, 3.8) is 0 Å². The van der Waals surface area contributed by atoms with Crippen LogP contribution in [-0.4, -0.2) is 93.4 Å². The van der Waals surface area contributed by atoms with E-state index in [2.05, 4.69) is 21.3 Å². The van der Waals surface area contributed by atoms with Crippen molar-refractivity contribution in [2.24, 2.45) is 0 Å². The molecule has 0 saturated carbocycles. The first kappa shape index (κ1) is 41.9. The average molecular weight is 825 g/mol. The highest BCUT2D eigenvalue weighted by molar-refractivity contribution is 7.91. The van der Waals surface area contributed by atoms with Crippen LogP contribution in [0.25, 0.3) is 0 Å². The lowest BCUT2D eigenvalue weighted by molar-refractivity contribution is -0.138. The van der Waals surface area contributed by atoms with Crippen molar-refractivity contribution in [2.75, 3.05) is 37.9 Å². The van der Waals surface area contributed by atoms with Gasteiger partial charge in [0.15, 0.2) is 0 Å². The van der Waals surface area contributed by atoms with E-state index in [-0.39, 0.29) is 9.79 Å². The molecule has 4 aromatic carbocycles. The third kappa shape index (κ3) is 9.69. The number of anilines is 2. The van der Waals surface area contributed by atoms with Crippen molar-refractivity contribution in [1.82, 2.24) is 20.4 Å².